The van der Waals surface area contributed by atoms with E-state index in [1.165, 1.54) is 11.8 Å². The molecule has 0 spiro atoms. The van der Waals surface area contributed by atoms with E-state index in [0.717, 1.165) is 0 Å². The predicted octanol–water partition coefficient (Wildman–Crippen LogP) is -5.53. The third kappa shape index (κ3) is 20.8. The van der Waals surface area contributed by atoms with Crippen molar-refractivity contribution in [1.82, 2.24) is 47.4 Å². The molecule has 1 aromatic rings. The molecule has 1 aromatic carbocycles. The summed E-state index contributed by atoms with van der Waals surface area (Å²) in [4.78, 5) is 135. The smallest absolute Gasteiger partial charge is 0.327 e. The molecule has 0 bridgehead atoms. The number of amides is 9. The van der Waals surface area contributed by atoms with Crippen LogP contribution < -0.4 is 65.5 Å². The number of thiol groups is 2. The minimum absolute atomic E-state index is 0.0528. The van der Waals surface area contributed by atoms with Crippen LogP contribution in [0.3, 0.4) is 0 Å². The molecule has 25 nitrogen and oxygen atoms in total. The Morgan fingerprint density at radius 1 is 0.706 bits per heavy atom. The van der Waals surface area contributed by atoms with Crippen LogP contribution in [-0.4, -0.2) is 168 Å². The fraction of sp³-hybridized carbons (Fsp3) is 0.585. The van der Waals surface area contributed by atoms with E-state index in [1.54, 1.807) is 30.3 Å². The van der Waals surface area contributed by atoms with Crippen molar-refractivity contribution in [3.05, 3.63) is 35.9 Å². The number of hydrogen-bond donors (Lipinski definition) is 15. The number of benzene rings is 1. The second-order valence-electron chi connectivity index (χ2n) is 15.7. The lowest BCUT2D eigenvalue weighted by atomic mass is 10.0. The standard InChI is InChI=1S/C41H66N14O11S2/c1-23(49-36(61)25(11-5-6-14-42)52-38(63)28(21-67)54-39(64)30-13-8-16-55(30)33(58)18-43)34(59)51-26(12-7-15-46-41(44)45)37(62)53-27(17-24-9-3-2-4-10-24)35(60)48-19-31(56)47-20-32(57)50-29(22-68)40(65)66/h2-4,9-10,23,25-30,67-68H,5-8,11-22,42-43H2,1H3,(H,47,56)(H,48,60)(H,49,61)(H,50,57)(H,51,59)(H,52,63)(H,53,62)(H,54,64)(H,65,66)(H4,44,45,46)/t23-,25-,26-,27-,28-,29-,30-/m0/s1. The van der Waals surface area contributed by atoms with Crippen LogP contribution in [0.25, 0.3) is 0 Å². The normalized spacial score (nSPS) is 15.7. The van der Waals surface area contributed by atoms with E-state index in [-0.39, 0.29) is 56.2 Å². The maximum absolute atomic E-state index is 14.0. The molecule has 9 amide bonds. The van der Waals surface area contributed by atoms with E-state index in [1.807, 2.05) is 0 Å². The summed E-state index contributed by atoms with van der Waals surface area (Å²) in [7, 11) is 0. The number of carboxylic acids is 1. The largest absolute Gasteiger partial charge is 0.480 e. The van der Waals surface area contributed by atoms with Crippen LogP contribution in [0, 0.1) is 0 Å². The van der Waals surface area contributed by atoms with Crippen molar-refractivity contribution in [2.75, 3.05) is 50.8 Å². The highest BCUT2D eigenvalue weighted by Crippen LogP contribution is 2.18. The zero-order chi connectivity index (χ0) is 50.8. The fourth-order valence-electron chi connectivity index (χ4n) is 6.69. The number of nitrogens with zero attached hydrogens (tertiary/aromatic N) is 2. The second-order valence-corrected chi connectivity index (χ2v) is 16.4. The van der Waals surface area contributed by atoms with Crippen LogP contribution in [0.15, 0.2) is 35.3 Å². The Hall–Kier alpha value is -6.19. The summed E-state index contributed by atoms with van der Waals surface area (Å²) in [5.74, 6) is -8.47. The van der Waals surface area contributed by atoms with Gasteiger partial charge in [0.25, 0.3) is 0 Å². The summed E-state index contributed by atoms with van der Waals surface area (Å²) in [5, 5.41) is 29.0. The average Bonchev–Trinajstić information content (AvgIpc) is 3.81. The summed E-state index contributed by atoms with van der Waals surface area (Å²) < 4.78 is 0. The molecule has 0 radical (unpaired) electrons. The van der Waals surface area contributed by atoms with Crippen molar-refractivity contribution in [3.8, 4) is 0 Å². The molecule has 0 unspecified atom stereocenters. The molecule has 68 heavy (non-hydrogen) atoms. The Labute approximate surface area is 404 Å². The van der Waals surface area contributed by atoms with E-state index >= 15 is 0 Å². The SMILES string of the molecule is C[C@H](NC(=O)[C@H](CCCCN)NC(=O)[C@H](CS)NC(=O)[C@@H]1CCCN1C(=O)CN)C(=O)N[C@@H](CCCN=C(N)N)C(=O)N[C@@H](Cc1ccccc1)C(=O)NCC(=O)NCC(=O)N[C@@H](CS)C(=O)O. The lowest BCUT2D eigenvalue weighted by Crippen LogP contribution is -2.59. The number of guanidine groups is 1. The lowest BCUT2D eigenvalue weighted by Gasteiger charge is -2.27. The van der Waals surface area contributed by atoms with E-state index < -0.39 is 115 Å². The first kappa shape index (κ1) is 57.9. The molecular weight excluding hydrogens is 929 g/mol. The van der Waals surface area contributed by atoms with Crippen LogP contribution in [-0.2, 0) is 54.4 Å². The van der Waals surface area contributed by atoms with Crippen LogP contribution in [0.4, 0.5) is 0 Å². The van der Waals surface area contributed by atoms with Crippen molar-refractivity contribution >= 4 is 90.4 Å². The van der Waals surface area contributed by atoms with Gasteiger partial charge in [-0.05, 0) is 64.0 Å². The monoisotopic (exact) mass is 994 g/mol. The van der Waals surface area contributed by atoms with E-state index in [4.69, 9.17) is 28.0 Å². The van der Waals surface area contributed by atoms with Gasteiger partial charge in [-0.25, -0.2) is 4.79 Å². The van der Waals surface area contributed by atoms with E-state index in [2.05, 4.69) is 72.8 Å². The highest BCUT2D eigenvalue weighted by atomic mass is 32.1. The Balaban J connectivity index is 2.22. The van der Waals surface area contributed by atoms with Gasteiger partial charge in [0.2, 0.25) is 53.2 Å². The number of aliphatic carboxylic acids is 1. The molecule has 7 atom stereocenters. The van der Waals surface area contributed by atoms with Crippen molar-refractivity contribution in [2.45, 2.75) is 101 Å². The topological polar surface area (TPSA) is 407 Å². The van der Waals surface area contributed by atoms with Gasteiger partial charge in [0, 0.05) is 31.0 Å². The molecule has 0 aromatic heterocycles. The van der Waals surface area contributed by atoms with E-state index in [9.17, 15) is 47.9 Å². The molecular formula is C41H66N14O11S2. The number of unbranched alkanes of at least 4 members (excludes halogenated alkanes) is 1. The average molecular weight is 995 g/mol. The predicted molar refractivity (Wildman–Crippen MR) is 255 cm³/mol. The lowest BCUT2D eigenvalue weighted by molar-refractivity contribution is -0.141. The van der Waals surface area contributed by atoms with Crippen LogP contribution in [0.2, 0.25) is 0 Å². The number of carbonyl (C=O) groups is 10. The molecule has 27 heteroatoms. The summed E-state index contributed by atoms with van der Waals surface area (Å²) in [6.45, 7) is 0.513. The number of likely N-dealkylation sites (tertiary alicyclic amines) is 1. The first-order chi connectivity index (χ1) is 32.3. The molecule has 0 saturated carbocycles. The summed E-state index contributed by atoms with van der Waals surface area (Å²) in [6.07, 6.45) is 1.98. The second kappa shape index (κ2) is 31.0. The molecule has 17 N–H and O–H groups in total. The number of nitrogens with two attached hydrogens (primary N) is 4. The van der Waals surface area contributed by atoms with Gasteiger partial charge in [-0.2, -0.15) is 25.3 Å². The number of carbonyl (C=O) groups excluding carboxylic acids is 9. The van der Waals surface area contributed by atoms with E-state index in [0.29, 0.717) is 44.3 Å². The minimum Gasteiger partial charge on any atom is -0.480 e. The van der Waals surface area contributed by atoms with Crippen molar-refractivity contribution in [1.29, 1.82) is 0 Å². The quantitative estimate of drug-likeness (QED) is 0.0148. The van der Waals surface area contributed by atoms with Gasteiger partial charge in [-0.3, -0.25) is 48.1 Å². The number of nitrogens with one attached hydrogen (secondary N) is 8. The zero-order valence-corrected chi connectivity index (χ0v) is 39.7. The number of rotatable bonds is 30. The highest BCUT2D eigenvalue weighted by Gasteiger charge is 2.36. The fourth-order valence-corrected chi connectivity index (χ4v) is 7.20. The molecule has 2 rings (SSSR count). The molecule has 1 heterocycles. The zero-order valence-electron chi connectivity index (χ0n) is 37.9. The van der Waals surface area contributed by atoms with Gasteiger partial charge < -0.3 is 75.5 Å². The Kier molecular flexibility index (Phi) is 26.4. The van der Waals surface area contributed by atoms with Gasteiger partial charge in [0.05, 0.1) is 19.6 Å². The van der Waals surface area contributed by atoms with Gasteiger partial charge in [0.15, 0.2) is 5.96 Å². The van der Waals surface area contributed by atoms with Crippen molar-refractivity contribution in [3.63, 3.8) is 0 Å². The summed E-state index contributed by atoms with van der Waals surface area (Å²) in [6, 6.07) is 0.0870. The molecule has 1 fully saturated rings. The third-order valence-corrected chi connectivity index (χ3v) is 11.1. The van der Waals surface area contributed by atoms with Crippen LogP contribution >= 0.6 is 25.3 Å². The van der Waals surface area contributed by atoms with Gasteiger partial charge in [-0.1, -0.05) is 30.3 Å². The molecule has 1 saturated heterocycles. The number of carboxylic acid groups (broad SMARTS) is 1. The minimum atomic E-state index is -1.33. The van der Waals surface area contributed by atoms with Crippen molar-refractivity contribution < 1.29 is 53.1 Å². The number of hydrogen-bond acceptors (Lipinski definition) is 15. The van der Waals surface area contributed by atoms with Gasteiger partial charge in [0.1, 0.15) is 42.3 Å². The molecule has 0 aliphatic carbocycles. The van der Waals surface area contributed by atoms with Crippen molar-refractivity contribution in [2.24, 2.45) is 27.9 Å². The molecule has 1 aliphatic heterocycles. The molecule has 378 valence electrons. The first-order valence-electron chi connectivity index (χ1n) is 21.9. The Morgan fingerprint density at radius 3 is 1.90 bits per heavy atom. The van der Waals surface area contributed by atoms with Crippen LogP contribution in [0.5, 0.6) is 0 Å². The Bertz CT molecular complexity index is 1930. The first-order valence-corrected chi connectivity index (χ1v) is 23.2. The summed E-state index contributed by atoms with van der Waals surface area (Å²) >= 11 is 8.09. The van der Waals surface area contributed by atoms with Gasteiger partial charge >= 0.3 is 5.97 Å². The Morgan fingerprint density at radius 2 is 1.29 bits per heavy atom. The highest BCUT2D eigenvalue weighted by molar-refractivity contribution is 7.80. The van der Waals surface area contributed by atoms with Gasteiger partial charge in [-0.15, -0.1) is 0 Å². The third-order valence-electron chi connectivity index (χ3n) is 10.4. The maximum Gasteiger partial charge on any atom is 0.327 e. The number of aliphatic imine (C=N–C) groups is 1. The maximum atomic E-state index is 14.0. The molecule has 1 aliphatic rings. The summed E-state index contributed by atoms with van der Waals surface area (Å²) in [5.41, 5.74) is 22.7. The van der Waals surface area contributed by atoms with Crippen LogP contribution in [0.1, 0.15) is 57.4 Å².